The minimum absolute atomic E-state index is 0.222. The van der Waals surface area contributed by atoms with Crippen LogP contribution in [0.1, 0.15) is 6.92 Å². The van der Waals surface area contributed by atoms with E-state index in [0.717, 1.165) is 0 Å². The third kappa shape index (κ3) is 2.07. The molecule has 0 spiro atoms. The number of carbonyl (C=O) groups excluding carboxylic acids is 1. The van der Waals surface area contributed by atoms with E-state index in [4.69, 9.17) is 5.26 Å². The van der Waals surface area contributed by atoms with Crippen LogP contribution in [0.5, 0.6) is 0 Å². The lowest BCUT2D eigenvalue weighted by Crippen LogP contribution is -2.30. The Labute approximate surface area is 82.8 Å². The number of nitrogens with zero attached hydrogens (tertiary/aromatic N) is 3. The fourth-order valence-corrected chi connectivity index (χ4v) is 1.03. The quantitative estimate of drug-likeness (QED) is 0.702. The zero-order valence-electron chi connectivity index (χ0n) is 8.14. The fourth-order valence-electron chi connectivity index (χ4n) is 1.03. The molecule has 1 aromatic rings. The molecule has 1 rings (SSSR count). The second-order valence-corrected chi connectivity index (χ2v) is 2.96. The second-order valence-electron chi connectivity index (χ2n) is 2.96. The first-order valence-electron chi connectivity index (χ1n) is 4.24. The molecule has 4 nitrogen and oxygen atoms in total. The summed E-state index contributed by atoms with van der Waals surface area (Å²) in [6.07, 6.45) is 3.22. The molecule has 0 aliphatic heterocycles. The first-order chi connectivity index (χ1) is 6.66. The number of hydrogen-bond donors (Lipinski definition) is 0. The van der Waals surface area contributed by atoms with E-state index >= 15 is 0 Å². The highest BCUT2D eigenvalue weighted by Gasteiger charge is 2.17. The van der Waals surface area contributed by atoms with Crippen molar-refractivity contribution in [1.82, 2.24) is 4.98 Å². The smallest absolute Gasteiger partial charge is 0.243 e. The largest absolute Gasteiger partial charge is 0.313 e. The molecule has 1 heterocycles. The van der Waals surface area contributed by atoms with Gasteiger partial charge in [0.2, 0.25) is 5.91 Å². The van der Waals surface area contributed by atoms with Crippen molar-refractivity contribution in [3.8, 4) is 6.07 Å². The Kier molecular flexibility index (Phi) is 3.19. The van der Waals surface area contributed by atoms with Gasteiger partial charge in [0.1, 0.15) is 5.92 Å². The predicted molar refractivity (Wildman–Crippen MR) is 52.4 cm³/mol. The minimum Gasteiger partial charge on any atom is -0.313 e. The Morgan fingerprint density at radius 2 is 2.43 bits per heavy atom. The first kappa shape index (κ1) is 10.2. The van der Waals surface area contributed by atoms with Crippen molar-refractivity contribution in [2.45, 2.75) is 6.92 Å². The summed E-state index contributed by atoms with van der Waals surface area (Å²) in [4.78, 5) is 16.9. The molecule has 1 amide bonds. The molecule has 0 saturated carbocycles. The van der Waals surface area contributed by atoms with Gasteiger partial charge in [0.05, 0.1) is 18.0 Å². The van der Waals surface area contributed by atoms with Crippen molar-refractivity contribution in [3.05, 3.63) is 24.5 Å². The van der Waals surface area contributed by atoms with Crippen LogP contribution in [-0.2, 0) is 4.79 Å². The SMILES string of the molecule is CC(C#N)C(=O)N(C)c1cccnc1. The summed E-state index contributed by atoms with van der Waals surface area (Å²) >= 11 is 0. The zero-order chi connectivity index (χ0) is 10.6. The topological polar surface area (TPSA) is 57.0 Å². The summed E-state index contributed by atoms with van der Waals surface area (Å²) in [6.45, 7) is 1.58. The summed E-state index contributed by atoms with van der Waals surface area (Å²) in [5, 5.41) is 8.59. The standard InChI is InChI=1S/C10H11N3O/c1-8(6-11)10(14)13(2)9-4-3-5-12-7-9/h3-5,7-8H,1-2H3. The van der Waals surface area contributed by atoms with Gasteiger partial charge in [-0.15, -0.1) is 0 Å². The van der Waals surface area contributed by atoms with E-state index in [1.54, 1.807) is 38.5 Å². The molecule has 0 bridgehead atoms. The van der Waals surface area contributed by atoms with Crippen molar-refractivity contribution in [2.24, 2.45) is 5.92 Å². The summed E-state index contributed by atoms with van der Waals surface area (Å²) in [5.41, 5.74) is 0.694. The van der Waals surface area contributed by atoms with Gasteiger partial charge >= 0.3 is 0 Å². The molecule has 0 N–H and O–H groups in total. The molecule has 0 radical (unpaired) electrons. The first-order valence-corrected chi connectivity index (χ1v) is 4.24. The average Bonchev–Trinajstić information content (AvgIpc) is 2.27. The second kappa shape index (κ2) is 4.38. The van der Waals surface area contributed by atoms with E-state index in [2.05, 4.69) is 4.98 Å². The molecular formula is C10H11N3O. The van der Waals surface area contributed by atoms with Crippen molar-refractivity contribution >= 4 is 11.6 Å². The number of amides is 1. The lowest BCUT2D eigenvalue weighted by Gasteiger charge is -2.17. The molecule has 0 aromatic carbocycles. The van der Waals surface area contributed by atoms with Gasteiger partial charge in [0, 0.05) is 13.2 Å². The summed E-state index contributed by atoms with van der Waals surface area (Å²) in [7, 11) is 1.63. The molecule has 1 unspecified atom stereocenters. The summed E-state index contributed by atoms with van der Waals surface area (Å²) < 4.78 is 0. The summed E-state index contributed by atoms with van der Waals surface area (Å²) in [5.74, 6) is -0.847. The average molecular weight is 189 g/mol. The summed E-state index contributed by atoms with van der Waals surface area (Å²) in [6, 6.07) is 5.42. The molecule has 0 saturated heterocycles. The molecule has 4 heteroatoms. The van der Waals surface area contributed by atoms with Crippen LogP contribution in [0.3, 0.4) is 0 Å². The molecule has 1 aromatic heterocycles. The van der Waals surface area contributed by atoms with Crippen molar-refractivity contribution < 1.29 is 4.79 Å². The van der Waals surface area contributed by atoms with Crippen molar-refractivity contribution in [3.63, 3.8) is 0 Å². The van der Waals surface area contributed by atoms with Crippen LogP contribution in [0.15, 0.2) is 24.5 Å². The molecular weight excluding hydrogens is 178 g/mol. The highest BCUT2D eigenvalue weighted by Crippen LogP contribution is 2.12. The highest BCUT2D eigenvalue weighted by atomic mass is 16.2. The van der Waals surface area contributed by atoms with E-state index in [9.17, 15) is 4.79 Å². The Morgan fingerprint density at radius 3 is 2.93 bits per heavy atom. The molecule has 0 fully saturated rings. The number of rotatable bonds is 2. The van der Waals surface area contributed by atoms with Gasteiger partial charge < -0.3 is 4.90 Å². The normalized spacial score (nSPS) is 11.5. The van der Waals surface area contributed by atoms with E-state index in [-0.39, 0.29) is 5.91 Å². The number of carbonyl (C=O) groups is 1. The van der Waals surface area contributed by atoms with Gasteiger partial charge in [-0.05, 0) is 19.1 Å². The van der Waals surface area contributed by atoms with E-state index in [1.165, 1.54) is 4.90 Å². The predicted octanol–water partition coefficient (Wildman–Crippen LogP) is 1.20. The van der Waals surface area contributed by atoms with Gasteiger partial charge in [-0.2, -0.15) is 5.26 Å². The maximum Gasteiger partial charge on any atom is 0.243 e. The molecule has 14 heavy (non-hydrogen) atoms. The van der Waals surface area contributed by atoms with Gasteiger partial charge in [-0.1, -0.05) is 0 Å². The van der Waals surface area contributed by atoms with E-state index < -0.39 is 5.92 Å². The number of pyridine rings is 1. The Balaban J connectivity index is 2.82. The van der Waals surface area contributed by atoms with Gasteiger partial charge in [-0.3, -0.25) is 9.78 Å². The van der Waals surface area contributed by atoms with Crippen molar-refractivity contribution in [2.75, 3.05) is 11.9 Å². The van der Waals surface area contributed by atoms with Gasteiger partial charge in [0.25, 0.3) is 0 Å². The zero-order valence-corrected chi connectivity index (χ0v) is 8.14. The maximum atomic E-state index is 11.6. The van der Waals surface area contributed by atoms with Crippen LogP contribution in [-0.4, -0.2) is 17.9 Å². The van der Waals surface area contributed by atoms with E-state index in [1.807, 2.05) is 6.07 Å². The Morgan fingerprint density at radius 1 is 1.71 bits per heavy atom. The third-order valence-corrected chi connectivity index (χ3v) is 1.93. The molecule has 72 valence electrons. The highest BCUT2D eigenvalue weighted by molar-refractivity contribution is 5.95. The minimum atomic E-state index is -0.625. The van der Waals surface area contributed by atoms with Crippen LogP contribution in [0.4, 0.5) is 5.69 Å². The van der Waals surface area contributed by atoms with Crippen LogP contribution in [0, 0.1) is 17.2 Å². The fraction of sp³-hybridized carbons (Fsp3) is 0.300. The number of nitriles is 1. The van der Waals surface area contributed by atoms with Crippen LogP contribution in [0.2, 0.25) is 0 Å². The number of hydrogen-bond acceptors (Lipinski definition) is 3. The maximum absolute atomic E-state index is 11.6. The van der Waals surface area contributed by atoms with Crippen LogP contribution >= 0.6 is 0 Å². The lowest BCUT2D eigenvalue weighted by molar-refractivity contribution is -0.120. The van der Waals surface area contributed by atoms with Crippen LogP contribution in [0.25, 0.3) is 0 Å². The van der Waals surface area contributed by atoms with Gasteiger partial charge in [0.15, 0.2) is 0 Å². The molecule has 1 atom stereocenters. The Hall–Kier alpha value is -1.89. The number of aromatic nitrogens is 1. The Bertz CT molecular complexity index is 355. The monoisotopic (exact) mass is 189 g/mol. The molecule has 0 aliphatic carbocycles. The molecule has 0 aliphatic rings. The third-order valence-electron chi connectivity index (χ3n) is 1.93. The van der Waals surface area contributed by atoms with E-state index in [0.29, 0.717) is 5.69 Å². The number of anilines is 1. The lowest BCUT2D eigenvalue weighted by atomic mass is 10.2. The van der Waals surface area contributed by atoms with Gasteiger partial charge in [-0.25, -0.2) is 0 Å². The van der Waals surface area contributed by atoms with Crippen LogP contribution < -0.4 is 4.90 Å². The van der Waals surface area contributed by atoms with Crippen molar-refractivity contribution in [1.29, 1.82) is 5.26 Å².